The maximum absolute atomic E-state index is 8.57. The molecular weight excluding hydrogens is 150 g/mol. The highest BCUT2D eigenvalue weighted by Gasteiger charge is 1.93. The van der Waals surface area contributed by atoms with Gasteiger partial charge in [0.25, 0.3) is 0 Å². The number of hydrogen-bond donors (Lipinski definition) is 2. The van der Waals surface area contributed by atoms with Crippen LogP contribution in [0.2, 0.25) is 0 Å². The van der Waals surface area contributed by atoms with Gasteiger partial charge >= 0.3 is 0 Å². The van der Waals surface area contributed by atoms with Crippen LogP contribution in [0.15, 0.2) is 30.3 Å². The maximum atomic E-state index is 8.57. The molecule has 0 fully saturated rings. The van der Waals surface area contributed by atoms with Gasteiger partial charge in [0.1, 0.15) is 0 Å². The third-order valence-corrected chi connectivity index (χ3v) is 1.68. The summed E-state index contributed by atoms with van der Waals surface area (Å²) >= 11 is 0. The van der Waals surface area contributed by atoms with Gasteiger partial charge in [0.05, 0.1) is 6.61 Å². The van der Waals surface area contributed by atoms with Gasteiger partial charge in [-0.2, -0.15) is 0 Å². The lowest BCUT2D eigenvalue weighted by atomic mass is 10.1. The molecule has 2 nitrogen and oxygen atoms in total. The summed E-state index contributed by atoms with van der Waals surface area (Å²) in [7, 11) is 0. The lowest BCUT2D eigenvalue weighted by Gasteiger charge is -2.00. The first-order valence-electron chi connectivity index (χ1n) is 3.94. The van der Waals surface area contributed by atoms with Crippen molar-refractivity contribution in [2.24, 2.45) is 5.73 Å². The molecule has 0 atom stereocenters. The Morgan fingerprint density at radius 2 is 2.08 bits per heavy atom. The van der Waals surface area contributed by atoms with Gasteiger partial charge in [0, 0.05) is 6.54 Å². The van der Waals surface area contributed by atoms with Crippen LogP contribution in [-0.4, -0.2) is 11.7 Å². The van der Waals surface area contributed by atoms with Crippen molar-refractivity contribution in [3.63, 3.8) is 0 Å². The minimum absolute atomic E-state index is 0.0684. The Hall–Kier alpha value is -1.12. The molecule has 0 spiro atoms. The molecule has 2 heteroatoms. The number of rotatable bonds is 3. The summed E-state index contributed by atoms with van der Waals surface area (Å²) in [6, 6.07) is 7.88. The average Bonchev–Trinajstić information content (AvgIpc) is 2.15. The van der Waals surface area contributed by atoms with Gasteiger partial charge < -0.3 is 10.8 Å². The van der Waals surface area contributed by atoms with Crippen LogP contribution < -0.4 is 5.73 Å². The summed E-state index contributed by atoms with van der Waals surface area (Å²) < 4.78 is 0. The molecule has 0 heterocycles. The normalized spacial score (nSPS) is 10.8. The Balaban J connectivity index is 2.89. The summed E-state index contributed by atoms with van der Waals surface area (Å²) in [6.07, 6.45) is 3.58. The van der Waals surface area contributed by atoms with E-state index in [2.05, 4.69) is 0 Å². The number of aliphatic hydroxyl groups excluding tert-OH is 1. The third kappa shape index (κ3) is 2.19. The molecular formula is C10H13NO. The van der Waals surface area contributed by atoms with E-state index in [1.165, 1.54) is 0 Å². The maximum Gasteiger partial charge on any atom is 0.0615 e. The van der Waals surface area contributed by atoms with E-state index in [0.717, 1.165) is 11.1 Å². The Morgan fingerprint density at radius 3 is 2.75 bits per heavy atom. The predicted octanol–water partition coefficient (Wildman–Crippen LogP) is 1.15. The standard InChI is InChI=1S/C10H13NO/c11-8-10-5-2-1-4-9(10)6-3-7-12/h1-6,12H,7-8,11H2/b6-3+. The summed E-state index contributed by atoms with van der Waals surface area (Å²) in [6.45, 7) is 0.602. The van der Waals surface area contributed by atoms with E-state index in [4.69, 9.17) is 10.8 Å². The second-order valence-electron chi connectivity index (χ2n) is 2.49. The fraction of sp³-hybridized carbons (Fsp3) is 0.200. The third-order valence-electron chi connectivity index (χ3n) is 1.68. The van der Waals surface area contributed by atoms with Crippen molar-refractivity contribution in [3.05, 3.63) is 41.5 Å². The van der Waals surface area contributed by atoms with Crippen LogP contribution in [0.4, 0.5) is 0 Å². The highest BCUT2D eigenvalue weighted by molar-refractivity contribution is 5.53. The summed E-state index contributed by atoms with van der Waals surface area (Å²) in [5.41, 5.74) is 7.70. The number of hydrogen-bond acceptors (Lipinski definition) is 2. The smallest absolute Gasteiger partial charge is 0.0615 e. The zero-order valence-corrected chi connectivity index (χ0v) is 6.90. The first-order valence-corrected chi connectivity index (χ1v) is 3.94. The van der Waals surface area contributed by atoms with Crippen LogP contribution in [0.25, 0.3) is 6.08 Å². The van der Waals surface area contributed by atoms with Crippen molar-refractivity contribution in [2.45, 2.75) is 6.54 Å². The van der Waals surface area contributed by atoms with Crippen molar-refractivity contribution in [2.75, 3.05) is 6.61 Å². The molecule has 0 aliphatic heterocycles. The van der Waals surface area contributed by atoms with Gasteiger partial charge in [-0.1, -0.05) is 36.4 Å². The zero-order chi connectivity index (χ0) is 8.81. The van der Waals surface area contributed by atoms with Crippen molar-refractivity contribution in [3.8, 4) is 0 Å². The monoisotopic (exact) mass is 163 g/mol. The molecule has 64 valence electrons. The molecule has 0 saturated heterocycles. The van der Waals surface area contributed by atoms with Crippen LogP contribution in [-0.2, 0) is 6.54 Å². The van der Waals surface area contributed by atoms with Crippen LogP contribution >= 0.6 is 0 Å². The topological polar surface area (TPSA) is 46.2 Å². The summed E-state index contributed by atoms with van der Waals surface area (Å²) in [4.78, 5) is 0. The van der Waals surface area contributed by atoms with E-state index in [9.17, 15) is 0 Å². The van der Waals surface area contributed by atoms with Crippen LogP contribution in [0.1, 0.15) is 11.1 Å². The molecule has 0 aliphatic rings. The average molecular weight is 163 g/mol. The fourth-order valence-electron chi connectivity index (χ4n) is 1.06. The van der Waals surface area contributed by atoms with Gasteiger partial charge in [-0.3, -0.25) is 0 Å². The van der Waals surface area contributed by atoms with Crippen LogP contribution in [0, 0.1) is 0 Å². The summed E-state index contributed by atoms with van der Waals surface area (Å²) in [5, 5.41) is 8.57. The first-order chi connectivity index (χ1) is 5.88. The lowest BCUT2D eigenvalue weighted by Crippen LogP contribution is -1.98. The molecule has 0 aliphatic carbocycles. The SMILES string of the molecule is NCc1ccccc1/C=C/CO. The Morgan fingerprint density at radius 1 is 1.33 bits per heavy atom. The highest BCUT2D eigenvalue weighted by atomic mass is 16.2. The molecule has 0 unspecified atom stereocenters. The minimum atomic E-state index is 0.0684. The molecule has 0 amide bonds. The van der Waals surface area contributed by atoms with Crippen molar-refractivity contribution in [1.29, 1.82) is 0 Å². The predicted molar refractivity (Wildman–Crippen MR) is 50.5 cm³/mol. The quantitative estimate of drug-likeness (QED) is 0.702. The van der Waals surface area contributed by atoms with E-state index in [0.29, 0.717) is 6.54 Å². The van der Waals surface area contributed by atoms with Gasteiger partial charge in [0.15, 0.2) is 0 Å². The van der Waals surface area contributed by atoms with Crippen molar-refractivity contribution >= 4 is 6.08 Å². The highest BCUT2D eigenvalue weighted by Crippen LogP contribution is 2.09. The second-order valence-corrected chi connectivity index (χ2v) is 2.49. The lowest BCUT2D eigenvalue weighted by molar-refractivity contribution is 0.343. The zero-order valence-electron chi connectivity index (χ0n) is 6.90. The van der Waals surface area contributed by atoms with Crippen molar-refractivity contribution in [1.82, 2.24) is 0 Å². The molecule has 0 bridgehead atoms. The number of aliphatic hydroxyl groups is 1. The molecule has 12 heavy (non-hydrogen) atoms. The first kappa shape index (κ1) is 8.97. The van der Waals surface area contributed by atoms with Crippen LogP contribution in [0.3, 0.4) is 0 Å². The van der Waals surface area contributed by atoms with Gasteiger partial charge in [-0.05, 0) is 11.1 Å². The molecule has 1 aromatic rings. The van der Waals surface area contributed by atoms with E-state index < -0.39 is 0 Å². The van der Waals surface area contributed by atoms with Gasteiger partial charge in [-0.25, -0.2) is 0 Å². The van der Waals surface area contributed by atoms with Gasteiger partial charge in [-0.15, -0.1) is 0 Å². The van der Waals surface area contributed by atoms with Crippen LogP contribution in [0.5, 0.6) is 0 Å². The molecule has 0 aromatic heterocycles. The minimum Gasteiger partial charge on any atom is -0.392 e. The molecule has 1 aromatic carbocycles. The van der Waals surface area contributed by atoms with Crippen molar-refractivity contribution < 1.29 is 5.11 Å². The largest absolute Gasteiger partial charge is 0.392 e. The van der Waals surface area contributed by atoms with E-state index >= 15 is 0 Å². The van der Waals surface area contributed by atoms with Gasteiger partial charge in [0.2, 0.25) is 0 Å². The second kappa shape index (κ2) is 4.70. The Bertz CT molecular complexity index is 268. The number of benzene rings is 1. The Labute approximate surface area is 72.3 Å². The molecule has 0 radical (unpaired) electrons. The molecule has 3 N–H and O–H groups in total. The van der Waals surface area contributed by atoms with E-state index in [1.54, 1.807) is 6.08 Å². The fourth-order valence-corrected chi connectivity index (χ4v) is 1.06. The summed E-state index contributed by atoms with van der Waals surface area (Å²) in [5.74, 6) is 0. The number of nitrogens with two attached hydrogens (primary N) is 1. The molecule has 0 saturated carbocycles. The molecule has 1 rings (SSSR count). The van der Waals surface area contributed by atoms with E-state index in [-0.39, 0.29) is 6.61 Å². The Kier molecular flexibility index (Phi) is 3.51. The van der Waals surface area contributed by atoms with E-state index in [1.807, 2.05) is 30.3 Å².